The summed E-state index contributed by atoms with van der Waals surface area (Å²) in [6.45, 7) is 3.28. The number of aromatic nitrogens is 4. The molecule has 0 amide bonds. The van der Waals surface area contributed by atoms with Crippen molar-refractivity contribution in [2.24, 2.45) is 0 Å². The number of nitrogens with one attached hydrogen (secondary N) is 3. The third-order valence-corrected chi connectivity index (χ3v) is 0.998. The zero-order chi connectivity index (χ0) is 7.07. The zero-order valence-electron chi connectivity index (χ0n) is 5.54. The van der Waals surface area contributed by atoms with E-state index in [1.54, 1.807) is 0 Å². The summed E-state index contributed by atoms with van der Waals surface area (Å²) in [6, 6.07) is 0. The average Bonchev–Trinajstić information content (AvgIpc) is 2.67. The van der Waals surface area contributed by atoms with Crippen molar-refractivity contribution in [2.75, 3.05) is 19.8 Å². The summed E-state index contributed by atoms with van der Waals surface area (Å²) in [5.74, 6) is 0. The molecule has 10 heavy (non-hydrogen) atoms. The molecule has 3 N–H and O–H groups in total. The van der Waals surface area contributed by atoms with Gasteiger partial charge in [0.1, 0.15) is 0 Å². The van der Waals surface area contributed by atoms with Crippen LogP contribution in [0.25, 0.3) is 0 Å². The van der Waals surface area contributed by atoms with Gasteiger partial charge < -0.3 is 10.6 Å². The predicted molar refractivity (Wildman–Crippen MR) is 35.1 cm³/mol. The summed E-state index contributed by atoms with van der Waals surface area (Å²) in [5.41, 5.74) is 0. The molecule has 0 aliphatic carbocycles. The molecule has 56 valence electrons. The molecule has 0 aromatic carbocycles. The van der Waals surface area contributed by atoms with E-state index >= 15 is 0 Å². The number of rotatable bonds is 0. The van der Waals surface area contributed by atoms with E-state index in [2.05, 4.69) is 31.3 Å². The van der Waals surface area contributed by atoms with Gasteiger partial charge in [0, 0.05) is 19.8 Å². The lowest BCUT2D eigenvalue weighted by atomic mass is 10.7. The van der Waals surface area contributed by atoms with E-state index in [0.717, 1.165) is 19.8 Å². The summed E-state index contributed by atoms with van der Waals surface area (Å²) < 4.78 is 0. The van der Waals surface area contributed by atoms with E-state index in [-0.39, 0.29) is 0 Å². The third-order valence-electron chi connectivity index (χ3n) is 0.998. The number of aromatic amines is 1. The molecule has 1 aliphatic heterocycles. The number of nitrogens with zero attached hydrogens (tertiary/aromatic N) is 3. The minimum absolute atomic E-state index is 1.00. The maximum absolute atomic E-state index is 3.38. The van der Waals surface area contributed by atoms with Gasteiger partial charge in [0.2, 0.25) is 0 Å². The number of H-pyrrole nitrogens is 1. The van der Waals surface area contributed by atoms with Gasteiger partial charge in [-0.3, -0.25) is 0 Å². The quantitative estimate of drug-likeness (QED) is 0.404. The Kier molecular flexibility index (Phi) is 3.43. The molecule has 1 aromatic rings. The summed E-state index contributed by atoms with van der Waals surface area (Å²) in [7, 11) is 0. The lowest BCUT2D eigenvalue weighted by Crippen LogP contribution is -2.11. The molecule has 6 nitrogen and oxygen atoms in total. The second-order valence-corrected chi connectivity index (χ2v) is 1.74. The van der Waals surface area contributed by atoms with Crippen LogP contribution in [0.1, 0.15) is 0 Å². The zero-order valence-corrected chi connectivity index (χ0v) is 5.54. The number of tetrazole rings is 1. The largest absolute Gasteiger partial charge is 0.303 e. The molecule has 0 atom stereocenters. The molecule has 2 rings (SSSR count). The first-order valence-corrected chi connectivity index (χ1v) is 3.08. The van der Waals surface area contributed by atoms with E-state index in [0.29, 0.717) is 0 Å². The van der Waals surface area contributed by atoms with Crippen LogP contribution in [0.3, 0.4) is 0 Å². The van der Waals surface area contributed by atoms with Crippen molar-refractivity contribution in [3.8, 4) is 0 Å². The first-order valence-electron chi connectivity index (χ1n) is 3.08. The highest BCUT2D eigenvalue weighted by atomic mass is 15.5. The molecule has 0 unspecified atom stereocenters. The van der Waals surface area contributed by atoms with Crippen LogP contribution in [-0.4, -0.2) is 40.4 Å². The van der Waals surface area contributed by atoms with Gasteiger partial charge in [-0.05, 0) is 0 Å². The SMILES string of the molecule is C1CNCN1.c1nn[nH]n1. The van der Waals surface area contributed by atoms with Gasteiger partial charge in [0.15, 0.2) is 6.33 Å². The van der Waals surface area contributed by atoms with E-state index in [1.165, 1.54) is 6.33 Å². The summed E-state index contributed by atoms with van der Waals surface area (Å²) >= 11 is 0. The van der Waals surface area contributed by atoms with Gasteiger partial charge in [0.25, 0.3) is 0 Å². The van der Waals surface area contributed by atoms with E-state index in [4.69, 9.17) is 0 Å². The summed E-state index contributed by atoms with van der Waals surface area (Å²) in [6.07, 6.45) is 1.33. The number of hydrogen-bond donors (Lipinski definition) is 3. The summed E-state index contributed by atoms with van der Waals surface area (Å²) in [4.78, 5) is 0. The lowest BCUT2D eigenvalue weighted by Gasteiger charge is -1.77. The maximum atomic E-state index is 3.38. The highest BCUT2D eigenvalue weighted by Crippen LogP contribution is 1.62. The van der Waals surface area contributed by atoms with Crippen molar-refractivity contribution < 1.29 is 0 Å². The van der Waals surface area contributed by atoms with Gasteiger partial charge in [0.05, 0.1) is 0 Å². The number of hydrogen-bond acceptors (Lipinski definition) is 5. The molecule has 0 spiro atoms. The highest BCUT2D eigenvalue weighted by Gasteiger charge is 1.90. The van der Waals surface area contributed by atoms with Crippen molar-refractivity contribution in [2.45, 2.75) is 0 Å². The molecule has 0 radical (unpaired) electrons. The monoisotopic (exact) mass is 142 g/mol. The molecular formula is C4H10N6. The molecule has 6 heteroatoms. The Labute approximate surface area is 58.4 Å². The van der Waals surface area contributed by atoms with Crippen LogP contribution in [0.15, 0.2) is 6.33 Å². The molecular weight excluding hydrogens is 132 g/mol. The van der Waals surface area contributed by atoms with Gasteiger partial charge in [-0.2, -0.15) is 5.21 Å². The third kappa shape index (κ3) is 3.10. The van der Waals surface area contributed by atoms with Crippen molar-refractivity contribution >= 4 is 0 Å². The van der Waals surface area contributed by atoms with Crippen LogP contribution in [-0.2, 0) is 0 Å². The van der Waals surface area contributed by atoms with E-state index < -0.39 is 0 Å². The molecule has 1 fully saturated rings. The average molecular weight is 142 g/mol. The Balaban J connectivity index is 0.0000001000. The first kappa shape index (κ1) is 7.10. The molecule has 2 heterocycles. The van der Waals surface area contributed by atoms with Crippen LogP contribution in [0, 0.1) is 0 Å². The minimum Gasteiger partial charge on any atom is -0.303 e. The normalized spacial score (nSPS) is 16.0. The Hall–Kier alpha value is -1.01. The highest BCUT2D eigenvalue weighted by molar-refractivity contribution is 4.55. The standard InChI is InChI=1S/C3H8N2.CH2N4/c1-2-5-3-4-1;1-2-4-5-3-1/h4-5H,1-3H2;1H,(H,2,3,4,5). The van der Waals surface area contributed by atoms with Crippen LogP contribution in [0.5, 0.6) is 0 Å². The van der Waals surface area contributed by atoms with Crippen LogP contribution in [0.2, 0.25) is 0 Å². The van der Waals surface area contributed by atoms with Crippen LogP contribution >= 0.6 is 0 Å². The molecule has 1 saturated heterocycles. The molecule has 1 aliphatic rings. The Bertz CT molecular complexity index is 109. The second-order valence-electron chi connectivity index (χ2n) is 1.74. The van der Waals surface area contributed by atoms with Gasteiger partial charge in [-0.1, -0.05) is 5.21 Å². The van der Waals surface area contributed by atoms with Gasteiger partial charge in [-0.15, -0.1) is 10.2 Å². The van der Waals surface area contributed by atoms with Crippen LogP contribution in [0.4, 0.5) is 0 Å². The Morgan fingerprint density at radius 3 is 2.20 bits per heavy atom. The molecule has 1 aromatic heterocycles. The maximum Gasteiger partial charge on any atom is 0.161 e. The topological polar surface area (TPSA) is 78.5 Å². The fourth-order valence-corrected chi connectivity index (χ4v) is 0.571. The summed E-state index contributed by atoms with van der Waals surface area (Å²) in [5, 5.41) is 18.4. The molecule has 0 saturated carbocycles. The Morgan fingerprint density at radius 1 is 1.20 bits per heavy atom. The van der Waals surface area contributed by atoms with Gasteiger partial charge in [-0.25, -0.2) is 0 Å². The fourth-order valence-electron chi connectivity index (χ4n) is 0.571. The second kappa shape index (κ2) is 4.83. The van der Waals surface area contributed by atoms with E-state index in [1.807, 2.05) is 0 Å². The fraction of sp³-hybridized carbons (Fsp3) is 0.750. The molecule has 0 bridgehead atoms. The van der Waals surface area contributed by atoms with Crippen molar-refractivity contribution in [1.29, 1.82) is 0 Å². The van der Waals surface area contributed by atoms with Crippen molar-refractivity contribution in [1.82, 2.24) is 31.3 Å². The smallest absolute Gasteiger partial charge is 0.161 e. The van der Waals surface area contributed by atoms with E-state index in [9.17, 15) is 0 Å². The Morgan fingerprint density at radius 2 is 2.00 bits per heavy atom. The van der Waals surface area contributed by atoms with Gasteiger partial charge >= 0.3 is 0 Å². The predicted octanol–water partition coefficient (Wildman–Crippen LogP) is -1.66. The minimum atomic E-state index is 1.00. The van der Waals surface area contributed by atoms with Crippen LogP contribution < -0.4 is 10.6 Å². The first-order chi connectivity index (χ1) is 5.00. The van der Waals surface area contributed by atoms with Crippen molar-refractivity contribution in [3.05, 3.63) is 6.33 Å². The van der Waals surface area contributed by atoms with Crippen molar-refractivity contribution in [3.63, 3.8) is 0 Å². The lowest BCUT2D eigenvalue weighted by molar-refractivity contribution is 0.807.